The van der Waals surface area contributed by atoms with Crippen molar-refractivity contribution in [1.82, 2.24) is 24.6 Å². The molecule has 2 heterocycles. The third kappa shape index (κ3) is 2.56. The molecule has 18 heavy (non-hydrogen) atoms. The van der Waals surface area contributed by atoms with Crippen molar-refractivity contribution >= 4 is 21.8 Å². The molecule has 6 nitrogen and oxygen atoms in total. The highest BCUT2D eigenvalue weighted by molar-refractivity contribution is 9.10. The van der Waals surface area contributed by atoms with E-state index in [1.807, 2.05) is 0 Å². The van der Waals surface area contributed by atoms with Crippen LogP contribution in [0.25, 0.3) is 5.82 Å². The minimum Gasteiger partial charge on any atom is -0.343 e. The van der Waals surface area contributed by atoms with Crippen molar-refractivity contribution in [1.29, 1.82) is 0 Å². The highest BCUT2D eigenvalue weighted by Crippen LogP contribution is 2.12. The normalized spacial score (nSPS) is 10.4. The number of carbonyl (C=O) groups excluding carboxylic acids is 1. The predicted octanol–water partition coefficient (Wildman–Crippen LogP) is 1.44. The summed E-state index contributed by atoms with van der Waals surface area (Å²) in [5.74, 6) is 1.11. The summed E-state index contributed by atoms with van der Waals surface area (Å²) in [5, 5.41) is 4.20. The van der Waals surface area contributed by atoms with Gasteiger partial charge in [-0.1, -0.05) is 0 Å². The first kappa shape index (κ1) is 12.7. The number of hydrogen-bond acceptors (Lipinski definition) is 4. The molecular weight excluding hydrogens is 298 g/mol. The molecule has 0 unspecified atom stereocenters. The van der Waals surface area contributed by atoms with Gasteiger partial charge >= 0.3 is 0 Å². The molecule has 0 saturated heterocycles. The lowest BCUT2D eigenvalue weighted by atomic mass is 10.4. The Morgan fingerprint density at radius 1 is 1.39 bits per heavy atom. The summed E-state index contributed by atoms with van der Waals surface area (Å²) in [4.78, 5) is 21.6. The van der Waals surface area contributed by atoms with Gasteiger partial charge in [-0.2, -0.15) is 5.10 Å². The summed E-state index contributed by atoms with van der Waals surface area (Å²) >= 11 is 3.30. The van der Waals surface area contributed by atoms with Gasteiger partial charge in [-0.25, -0.2) is 14.6 Å². The number of hydrogen-bond donors (Lipinski definition) is 0. The van der Waals surface area contributed by atoms with Gasteiger partial charge in [-0.15, -0.1) is 0 Å². The summed E-state index contributed by atoms with van der Waals surface area (Å²) in [7, 11) is 3.37. The number of aromatic nitrogens is 4. The Hall–Kier alpha value is -1.76. The lowest BCUT2D eigenvalue weighted by molar-refractivity contribution is 0.0821. The van der Waals surface area contributed by atoms with Crippen molar-refractivity contribution in [3.05, 3.63) is 34.5 Å². The van der Waals surface area contributed by atoms with Crippen LogP contribution >= 0.6 is 15.9 Å². The summed E-state index contributed by atoms with van der Waals surface area (Å²) in [6.07, 6.45) is 1.70. The molecule has 2 aromatic heterocycles. The molecule has 0 aliphatic heterocycles. The average molecular weight is 310 g/mol. The molecule has 2 rings (SSSR count). The van der Waals surface area contributed by atoms with Gasteiger partial charge in [0.1, 0.15) is 10.4 Å². The Kier molecular flexibility index (Phi) is 3.42. The molecule has 0 bridgehead atoms. The number of aryl methyl sites for hydroxylation is 1. The maximum absolute atomic E-state index is 11.7. The minimum atomic E-state index is -0.140. The molecule has 7 heteroatoms. The van der Waals surface area contributed by atoms with Crippen molar-refractivity contribution in [2.45, 2.75) is 6.92 Å². The quantitative estimate of drug-likeness (QED) is 0.787. The fourth-order valence-corrected chi connectivity index (χ4v) is 1.89. The topological polar surface area (TPSA) is 63.9 Å². The van der Waals surface area contributed by atoms with E-state index in [9.17, 15) is 4.79 Å². The molecule has 0 N–H and O–H groups in total. The van der Waals surface area contributed by atoms with E-state index in [-0.39, 0.29) is 5.91 Å². The van der Waals surface area contributed by atoms with Crippen molar-refractivity contribution in [3.63, 3.8) is 0 Å². The van der Waals surface area contributed by atoms with E-state index >= 15 is 0 Å². The van der Waals surface area contributed by atoms with Crippen molar-refractivity contribution in [2.75, 3.05) is 14.1 Å². The second kappa shape index (κ2) is 4.85. The van der Waals surface area contributed by atoms with Crippen molar-refractivity contribution < 1.29 is 4.79 Å². The van der Waals surface area contributed by atoms with Crippen LogP contribution in [0.2, 0.25) is 0 Å². The minimum absolute atomic E-state index is 0.140. The van der Waals surface area contributed by atoms with E-state index in [1.54, 1.807) is 44.0 Å². The molecule has 0 spiro atoms. The smallest absolute Gasteiger partial charge is 0.273 e. The number of halogens is 1. The molecule has 0 radical (unpaired) electrons. The summed E-state index contributed by atoms with van der Waals surface area (Å²) in [6.45, 7) is 1.80. The Morgan fingerprint density at radius 3 is 2.72 bits per heavy atom. The van der Waals surface area contributed by atoms with Crippen molar-refractivity contribution in [3.8, 4) is 5.82 Å². The third-order valence-electron chi connectivity index (χ3n) is 2.24. The van der Waals surface area contributed by atoms with Crippen LogP contribution in [0.4, 0.5) is 0 Å². The molecule has 0 aromatic carbocycles. The molecule has 1 amide bonds. The van der Waals surface area contributed by atoms with Gasteiger partial charge in [-0.05, 0) is 28.9 Å². The second-order valence-electron chi connectivity index (χ2n) is 3.94. The van der Waals surface area contributed by atoms with E-state index in [0.717, 1.165) is 0 Å². The average Bonchev–Trinajstić information content (AvgIpc) is 2.75. The second-order valence-corrected chi connectivity index (χ2v) is 4.75. The van der Waals surface area contributed by atoms with Crippen LogP contribution in [-0.2, 0) is 0 Å². The van der Waals surface area contributed by atoms with Gasteiger partial charge in [0.05, 0.1) is 0 Å². The van der Waals surface area contributed by atoms with Crippen LogP contribution in [-0.4, -0.2) is 44.7 Å². The zero-order valence-corrected chi connectivity index (χ0v) is 11.8. The third-order valence-corrected chi connectivity index (χ3v) is 2.65. The largest absolute Gasteiger partial charge is 0.343 e. The van der Waals surface area contributed by atoms with Gasteiger partial charge in [0.25, 0.3) is 5.91 Å². The SMILES string of the molecule is Cc1nc(Br)cc(-n2ccc(C(=O)N(C)C)n2)n1. The lowest BCUT2D eigenvalue weighted by Crippen LogP contribution is -2.22. The fourth-order valence-electron chi connectivity index (χ4n) is 1.43. The maximum Gasteiger partial charge on any atom is 0.273 e. The Labute approximate surface area is 113 Å². The monoisotopic (exact) mass is 309 g/mol. The summed E-state index contributed by atoms with van der Waals surface area (Å²) in [6, 6.07) is 3.40. The number of amides is 1. The predicted molar refractivity (Wildman–Crippen MR) is 69.6 cm³/mol. The van der Waals surface area contributed by atoms with Gasteiger partial charge in [-0.3, -0.25) is 4.79 Å². The van der Waals surface area contributed by atoms with Crippen LogP contribution in [0.1, 0.15) is 16.3 Å². The van der Waals surface area contributed by atoms with Gasteiger partial charge in [0.2, 0.25) is 0 Å². The zero-order valence-electron chi connectivity index (χ0n) is 10.3. The molecule has 0 aliphatic carbocycles. The van der Waals surface area contributed by atoms with Crippen molar-refractivity contribution in [2.24, 2.45) is 0 Å². The summed E-state index contributed by atoms with van der Waals surface area (Å²) in [5.41, 5.74) is 0.382. The van der Waals surface area contributed by atoms with Gasteiger partial charge in [0.15, 0.2) is 11.5 Å². The molecule has 0 fully saturated rings. The lowest BCUT2D eigenvalue weighted by Gasteiger charge is -2.07. The van der Waals surface area contributed by atoms with E-state index in [1.165, 1.54) is 4.90 Å². The Bertz CT molecular complexity index is 573. The number of nitrogens with zero attached hydrogens (tertiary/aromatic N) is 5. The zero-order chi connectivity index (χ0) is 13.3. The molecule has 0 saturated carbocycles. The Morgan fingerprint density at radius 2 is 2.11 bits per heavy atom. The Balaban J connectivity index is 2.38. The number of carbonyl (C=O) groups is 1. The van der Waals surface area contributed by atoms with E-state index < -0.39 is 0 Å². The highest BCUT2D eigenvalue weighted by atomic mass is 79.9. The first-order valence-corrected chi connectivity index (χ1v) is 6.05. The fraction of sp³-hybridized carbons (Fsp3) is 0.273. The number of rotatable bonds is 2. The van der Waals surface area contributed by atoms with Crippen LogP contribution in [0.5, 0.6) is 0 Å². The maximum atomic E-state index is 11.7. The first-order valence-electron chi connectivity index (χ1n) is 5.26. The van der Waals surface area contributed by atoms with E-state index in [0.29, 0.717) is 21.9 Å². The summed E-state index contributed by atoms with van der Waals surface area (Å²) < 4.78 is 2.23. The standard InChI is InChI=1S/C11H12BrN5O/c1-7-13-9(12)6-10(14-7)17-5-4-8(15-17)11(18)16(2)3/h4-6H,1-3H3. The van der Waals surface area contributed by atoms with Gasteiger partial charge < -0.3 is 4.90 Å². The van der Waals surface area contributed by atoms with Crippen LogP contribution in [0.15, 0.2) is 22.9 Å². The van der Waals surface area contributed by atoms with Crippen LogP contribution < -0.4 is 0 Å². The first-order chi connectivity index (χ1) is 8.47. The molecular formula is C11H12BrN5O. The molecule has 0 aliphatic rings. The molecule has 2 aromatic rings. The van der Waals surface area contributed by atoms with Gasteiger partial charge in [0, 0.05) is 26.4 Å². The van der Waals surface area contributed by atoms with Crippen LogP contribution in [0.3, 0.4) is 0 Å². The van der Waals surface area contributed by atoms with E-state index in [4.69, 9.17) is 0 Å². The van der Waals surface area contributed by atoms with Crippen LogP contribution in [0, 0.1) is 6.92 Å². The molecule has 0 atom stereocenters. The van der Waals surface area contributed by atoms with E-state index in [2.05, 4.69) is 31.0 Å². The highest BCUT2D eigenvalue weighted by Gasteiger charge is 2.12. The molecule has 94 valence electrons.